The van der Waals surface area contributed by atoms with Crippen molar-refractivity contribution in [3.05, 3.63) is 72.1 Å². The first kappa shape index (κ1) is 15.9. The smallest absolute Gasteiger partial charge is 0.246 e. The molecule has 0 atom stereocenters. The average molecular weight is 323 g/mol. The maximum absolute atomic E-state index is 11.8. The maximum atomic E-state index is 11.8. The van der Waals surface area contributed by atoms with E-state index in [9.17, 15) is 4.79 Å². The second-order valence-electron chi connectivity index (χ2n) is 5.13. The van der Waals surface area contributed by atoms with E-state index in [1.807, 2.05) is 60.7 Å². The Morgan fingerprint density at radius 2 is 1.75 bits per heavy atom. The van der Waals surface area contributed by atoms with Crippen molar-refractivity contribution in [2.45, 2.75) is 13.2 Å². The number of nitrogens with one attached hydrogen (secondary N) is 1. The molecule has 24 heavy (non-hydrogen) atoms. The fraction of sp³-hybridized carbons (Fsp3) is 0.167. The van der Waals surface area contributed by atoms with Gasteiger partial charge in [0, 0.05) is 5.56 Å². The fourth-order valence-corrected chi connectivity index (χ4v) is 2.09. The Bertz CT molecular complexity index is 772. The largest absolute Gasteiger partial charge is 0.367 e. The molecule has 3 aromatic rings. The van der Waals surface area contributed by atoms with E-state index in [4.69, 9.17) is 9.26 Å². The van der Waals surface area contributed by atoms with Crippen molar-refractivity contribution >= 4 is 5.91 Å². The Morgan fingerprint density at radius 3 is 2.50 bits per heavy atom. The van der Waals surface area contributed by atoms with Crippen molar-refractivity contribution in [2.24, 2.45) is 0 Å². The summed E-state index contributed by atoms with van der Waals surface area (Å²) in [5, 5.41) is 6.59. The molecule has 1 amide bonds. The van der Waals surface area contributed by atoms with Gasteiger partial charge in [-0.3, -0.25) is 4.79 Å². The van der Waals surface area contributed by atoms with Crippen LogP contribution in [-0.2, 0) is 22.7 Å². The van der Waals surface area contributed by atoms with E-state index in [0.29, 0.717) is 18.3 Å². The van der Waals surface area contributed by atoms with E-state index in [2.05, 4.69) is 15.5 Å². The number of aromatic nitrogens is 2. The summed E-state index contributed by atoms with van der Waals surface area (Å²) in [6, 6.07) is 19.2. The van der Waals surface area contributed by atoms with Gasteiger partial charge in [-0.2, -0.15) is 4.98 Å². The van der Waals surface area contributed by atoms with Crippen LogP contribution in [0, 0.1) is 0 Å². The lowest BCUT2D eigenvalue weighted by molar-refractivity contribution is -0.126. The molecule has 0 aliphatic heterocycles. The van der Waals surface area contributed by atoms with Gasteiger partial charge >= 0.3 is 0 Å². The third-order valence-electron chi connectivity index (χ3n) is 3.28. The number of rotatable bonds is 7. The Morgan fingerprint density at radius 1 is 1.04 bits per heavy atom. The van der Waals surface area contributed by atoms with Crippen LogP contribution >= 0.6 is 0 Å². The lowest BCUT2D eigenvalue weighted by atomic mass is 10.2. The Balaban J connectivity index is 1.42. The van der Waals surface area contributed by atoms with Crippen molar-refractivity contribution in [2.75, 3.05) is 6.61 Å². The molecule has 0 saturated carbocycles. The van der Waals surface area contributed by atoms with Crippen LogP contribution in [0.5, 0.6) is 0 Å². The number of benzene rings is 2. The van der Waals surface area contributed by atoms with Crippen molar-refractivity contribution < 1.29 is 14.1 Å². The molecule has 0 aliphatic rings. The quantitative estimate of drug-likeness (QED) is 0.723. The Hall–Kier alpha value is -2.99. The number of carbonyl (C=O) groups is 1. The summed E-state index contributed by atoms with van der Waals surface area (Å²) in [7, 11) is 0. The molecule has 0 bridgehead atoms. The maximum Gasteiger partial charge on any atom is 0.246 e. The molecule has 6 heteroatoms. The highest BCUT2D eigenvalue weighted by Gasteiger charge is 2.09. The Labute approximate surface area is 139 Å². The first-order valence-electron chi connectivity index (χ1n) is 7.57. The van der Waals surface area contributed by atoms with Crippen molar-refractivity contribution in [3.8, 4) is 11.4 Å². The van der Waals surface area contributed by atoms with Crippen LogP contribution in [0.3, 0.4) is 0 Å². The molecule has 0 fully saturated rings. The summed E-state index contributed by atoms with van der Waals surface area (Å²) in [4.78, 5) is 16.0. The second-order valence-corrected chi connectivity index (χ2v) is 5.13. The zero-order chi connectivity index (χ0) is 16.6. The monoisotopic (exact) mass is 323 g/mol. The van der Waals surface area contributed by atoms with Gasteiger partial charge in [0.2, 0.25) is 17.6 Å². The minimum Gasteiger partial charge on any atom is -0.367 e. The highest BCUT2D eigenvalue weighted by Crippen LogP contribution is 2.14. The van der Waals surface area contributed by atoms with Crippen molar-refractivity contribution in [1.82, 2.24) is 15.5 Å². The lowest BCUT2D eigenvalue weighted by Crippen LogP contribution is -2.27. The molecule has 0 saturated heterocycles. The summed E-state index contributed by atoms with van der Waals surface area (Å²) in [6.45, 7) is 0.551. The van der Waals surface area contributed by atoms with E-state index in [1.54, 1.807) is 0 Å². The molecule has 0 unspecified atom stereocenters. The molecule has 6 nitrogen and oxygen atoms in total. The van der Waals surface area contributed by atoms with Gasteiger partial charge in [-0.15, -0.1) is 0 Å². The number of amides is 1. The normalized spacial score (nSPS) is 10.5. The van der Waals surface area contributed by atoms with Crippen LogP contribution in [-0.4, -0.2) is 22.7 Å². The summed E-state index contributed by atoms with van der Waals surface area (Å²) in [6.07, 6.45) is 0. The molecule has 2 aromatic carbocycles. The third kappa shape index (κ3) is 4.50. The first-order valence-corrected chi connectivity index (χ1v) is 7.57. The van der Waals surface area contributed by atoms with Gasteiger partial charge < -0.3 is 14.6 Å². The number of carbonyl (C=O) groups excluding carboxylic acids is 1. The molecule has 1 N–H and O–H groups in total. The number of nitrogens with zero attached hydrogens (tertiary/aromatic N) is 2. The Kier molecular flexibility index (Phi) is 5.32. The van der Waals surface area contributed by atoms with E-state index < -0.39 is 0 Å². The van der Waals surface area contributed by atoms with Gasteiger partial charge in [-0.25, -0.2) is 0 Å². The predicted octanol–water partition coefficient (Wildman–Crippen LogP) is 2.57. The summed E-state index contributed by atoms with van der Waals surface area (Å²) in [5.74, 6) is 0.621. The fourth-order valence-electron chi connectivity index (χ4n) is 2.09. The molecular formula is C18H17N3O3. The highest BCUT2D eigenvalue weighted by molar-refractivity contribution is 5.77. The zero-order valence-electron chi connectivity index (χ0n) is 13.0. The molecule has 122 valence electrons. The van der Waals surface area contributed by atoms with Crippen LogP contribution < -0.4 is 5.32 Å². The number of ether oxygens (including phenoxy) is 1. The minimum absolute atomic E-state index is 0.0193. The minimum atomic E-state index is -0.231. The molecular weight excluding hydrogens is 306 g/mol. The van der Waals surface area contributed by atoms with Crippen LogP contribution in [0.4, 0.5) is 0 Å². The van der Waals surface area contributed by atoms with E-state index in [1.165, 1.54) is 0 Å². The van der Waals surface area contributed by atoms with Crippen LogP contribution in [0.25, 0.3) is 11.4 Å². The number of hydrogen-bond donors (Lipinski definition) is 1. The van der Waals surface area contributed by atoms with Crippen molar-refractivity contribution in [3.63, 3.8) is 0 Å². The average Bonchev–Trinajstić information content (AvgIpc) is 3.11. The SMILES string of the molecule is O=C(COCc1ccccc1)NCc1nc(-c2ccccc2)no1. The first-order chi connectivity index (χ1) is 11.8. The lowest BCUT2D eigenvalue weighted by Gasteiger charge is -2.04. The molecule has 0 radical (unpaired) electrons. The van der Waals surface area contributed by atoms with Crippen LogP contribution in [0.2, 0.25) is 0 Å². The molecule has 0 spiro atoms. The van der Waals surface area contributed by atoms with Crippen LogP contribution in [0.1, 0.15) is 11.5 Å². The molecule has 1 heterocycles. The van der Waals surface area contributed by atoms with Gasteiger partial charge in [0.15, 0.2) is 0 Å². The third-order valence-corrected chi connectivity index (χ3v) is 3.28. The van der Waals surface area contributed by atoms with E-state index >= 15 is 0 Å². The van der Waals surface area contributed by atoms with E-state index in [0.717, 1.165) is 11.1 Å². The number of hydrogen-bond acceptors (Lipinski definition) is 5. The molecule has 3 rings (SSSR count). The standard InChI is InChI=1S/C18H17N3O3/c22-16(13-23-12-14-7-3-1-4-8-14)19-11-17-20-18(21-24-17)15-9-5-2-6-10-15/h1-10H,11-13H2,(H,19,22). The van der Waals surface area contributed by atoms with Gasteiger partial charge in [0.05, 0.1) is 13.2 Å². The van der Waals surface area contributed by atoms with Gasteiger partial charge in [0.25, 0.3) is 0 Å². The van der Waals surface area contributed by atoms with Gasteiger partial charge in [0.1, 0.15) is 6.61 Å². The van der Waals surface area contributed by atoms with Crippen molar-refractivity contribution in [1.29, 1.82) is 0 Å². The summed E-state index contributed by atoms with van der Waals surface area (Å²) in [5.41, 5.74) is 1.89. The highest BCUT2D eigenvalue weighted by atomic mass is 16.5. The van der Waals surface area contributed by atoms with Gasteiger partial charge in [-0.1, -0.05) is 65.8 Å². The van der Waals surface area contributed by atoms with E-state index in [-0.39, 0.29) is 19.1 Å². The summed E-state index contributed by atoms with van der Waals surface area (Å²) < 4.78 is 10.5. The second kappa shape index (κ2) is 8.03. The summed E-state index contributed by atoms with van der Waals surface area (Å²) >= 11 is 0. The zero-order valence-corrected chi connectivity index (χ0v) is 13.0. The molecule has 1 aromatic heterocycles. The molecule has 0 aliphatic carbocycles. The predicted molar refractivity (Wildman–Crippen MR) is 87.7 cm³/mol. The topological polar surface area (TPSA) is 77.2 Å². The van der Waals surface area contributed by atoms with Gasteiger partial charge in [-0.05, 0) is 5.56 Å². The van der Waals surface area contributed by atoms with Crippen LogP contribution in [0.15, 0.2) is 65.2 Å².